The number of carbonyl (C=O) groups excluding carboxylic acids is 3. The topological polar surface area (TPSA) is 90.5 Å². The summed E-state index contributed by atoms with van der Waals surface area (Å²) in [6.45, 7) is 0.334. The molecule has 4 amide bonds. The third kappa shape index (κ3) is 4.43. The SMILES string of the molecule is CSc1cccc(NC(=O)N[C@H]2C[C@H]3C(=O)N[C@H](Cc4ccccc4)C(=O)N3C2)c1. The number of hydrogen-bond donors (Lipinski definition) is 3. The molecule has 0 aliphatic carbocycles. The Bertz CT molecular complexity index is 952. The third-order valence-corrected chi connectivity index (χ3v) is 6.17. The molecule has 0 unspecified atom stereocenters. The first-order chi connectivity index (χ1) is 14.5. The molecule has 2 aromatic rings. The van der Waals surface area contributed by atoms with E-state index in [2.05, 4.69) is 16.0 Å². The van der Waals surface area contributed by atoms with Gasteiger partial charge in [-0.25, -0.2) is 4.79 Å². The van der Waals surface area contributed by atoms with Crippen molar-refractivity contribution in [2.24, 2.45) is 0 Å². The van der Waals surface area contributed by atoms with E-state index in [4.69, 9.17) is 0 Å². The molecule has 4 rings (SSSR count). The summed E-state index contributed by atoms with van der Waals surface area (Å²) >= 11 is 1.60. The number of nitrogens with zero attached hydrogens (tertiary/aromatic N) is 1. The number of piperazine rings is 1. The molecule has 2 saturated heterocycles. The number of hydrogen-bond acceptors (Lipinski definition) is 4. The molecule has 156 valence electrons. The first kappa shape index (κ1) is 20.3. The van der Waals surface area contributed by atoms with Crippen molar-refractivity contribution >= 4 is 35.3 Å². The van der Waals surface area contributed by atoms with E-state index in [1.165, 1.54) is 0 Å². The molecule has 3 atom stereocenters. The molecule has 2 aromatic carbocycles. The van der Waals surface area contributed by atoms with Gasteiger partial charge < -0.3 is 20.9 Å². The maximum Gasteiger partial charge on any atom is 0.319 e. The molecule has 2 heterocycles. The van der Waals surface area contributed by atoms with E-state index in [1.807, 2.05) is 60.9 Å². The van der Waals surface area contributed by atoms with Crippen molar-refractivity contribution in [1.29, 1.82) is 0 Å². The summed E-state index contributed by atoms with van der Waals surface area (Å²) in [5, 5.41) is 8.57. The van der Waals surface area contributed by atoms with Crippen LogP contribution in [-0.4, -0.2) is 53.7 Å². The molecule has 2 fully saturated rings. The number of anilines is 1. The highest BCUT2D eigenvalue weighted by Gasteiger charge is 2.46. The van der Waals surface area contributed by atoms with Gasteiger partial charge in [0.1, 0.15) is 12.1 Å². The minimum atomic E-state index is -0.571. The molecule has 0 saturated carbocycles. The van der Waals surface area contributed by atoms with Crippen molar-refractivity contribution in [2.45, 2.75) is 35.9 Å². The summed E-state index contributed by atoms with van der Waals surface area (Å²) in [5.74, 6) is -0.256. The lowest BCUT2D eigenvalue weighted by Crippen LogP contribution is -2.61. The molecule has 0 spiro atoms. The predicted molar refractivity (Wildman–Crippen MR) is 116 cm³/mol. The lowest BCUT2D eigenvalue weighted by Gasteiger charge is -2.34. The predicted octanol–water partition coefficient (Wildman–Crippen LogP) is 2.24. The fourth-order valence-electron chi connectivity index (χ4n) is 4.00. The van der Waals surface area contributed by atoms with E-state index in [9.17, 15) is 14.4 Å². The molecular weight excluding hydrogens is 400 g/mol. The van der Waals surface area contributed by atoms with Crippen molar-refractivity contribution in [3.63, 3.8) is 0 Å². The summed E-state index contributed by atoms with van der Waals surface area (Å²) in [7, 11) is 0. The van der Waals surface area contributed by atoms with Crippen molar-refractivity contribution in [2.75, 3.05) is 18.1 Å². The van der Waals surface area contributed by atoms with Crippen LogP contribution in [0.25, 0.3) is 0 Å². The van der Waals surface area contributed by atoms with E-state index < -0.39 is 12.1 Å². The number of nitrogens with one attached hydrogen (secondary N) is 3. The maximum atomic E-state index is 12.9. The normalized spacial score (nSPS) is 23.0. The van der Waals surface area contributed by atoms with Crippen LogP contribution < -0.4 is 16.0 Å². The largest absolute Gasteiger partial charge is 0.342 e. The fourth-order valence-corrected chi connectivity index (χ4v) is 4.46. The van der Waals surface area contributed by atoms with Crippen LogP contribution in [-0.2, 0) is 16.0 Å². The Morgan fingerprint density at radius 1 is 1.17 bits per heavy atom. The minimum absolute atomic E-state index is 0.0965. The van der Waals surface area contributed by atoms with Gasteiger partial charge in [-0.05, 0) is 36.4 Å². The zero-order valence-electron chi connectivity index (χ0n) is 16.6. The zero-order valence-corrected chi connectivity index (χ0v) is 17.4. The van der Waals surface area contributed by atoms with Crippen LogP contribution in [0, 0.1) is 0 Å². The molecule has 2 aliphatic heterocycles. The van der Waals surface area contributed by atoms with Crippen LogP contribution in [0.4, 0.5) is 10.5 Å². The molecule has 0 bridgehead atoms. The highest BCUT2D eigenvalue weighted by atomic mass is 32.2. The van der Waals surface area contributed by atoms with E-state index in [0.29, 0.717) is 25.1 Å². The van der Waals surface area contributed by atoms with Crippen LogP contribution in [0.2, 0.25) is 0 Å². The lowest BCUT2D eigenvalue weighted by molar-refractivity contribution is -0.147. The van der Waals surface area contributed by atoms with Crippen LogP contribution in [0.15, 0.2) is 59.5 Å². The Labute approximate surface area is 179 Å². The number of thioether (sulfide) groups is 1. The number of fused-ring (bicyclic) bond motifs is 1. The van der Waals surface area contributed by atoms with Crippen molar-refractivity contribution in [3.8, 4) is 0 Å². The Morgan fingerprint density at radius 3 is 2.73 bits per heavy atom. The maximum absolute atomic E-state index is 12.9. The van der Waals surface area contributed by atoms with Crippen LogP contribution in [0.1, 0.15) is 12.0 Å². The standard InChI is InChI=1S/C22H24N4O3S/c1-30-17-9-5-8-15(11-17)23-22(29)24-16-12-19-20(27)25-18(21(28)26(19)13-16)10-14-6-3-2-4-7-14/h2-9,11,16,18-19H,10,12-13H2,1H3,(H,25,27)(H2,23,24,29)/t16-,18+,19-/m0/s1. The molecule has 8 heteroatoms. The fraction of sp³-hybridized carbons (Fsp3) is 0.318. The van der Waals surface area contributed by atoms with Gasteiger partial charge in [-0.2, -0.15) is 0 Å². The summed E-state index contributed by atoms with van der Waals surface area (Å²) in [6.07, 6.45) is 2.84. The Kier molecular flexibility index (Phi) is 5.94. The lowest BCUT2D eigenvalue weighted by atomic mass is 10.0. The van der Waals surface area contributed by atoms with Crippen LogP contribution >= 0.6 is 11.8 Å². The van der Waals surface area contributed by atoms with Gasteiger partial charge >= 0.3 is 6.03 Å². The van der Waals surface area contributed by atoms with Gasteiger partial charge in [0.05, 0.1) is 6.04 Å². The molecular formula is C22H24N4O3S. The first-order valence-corrected chi connectivity index (χ1v) is 11.1. The number of amides is 4. The molecule has 0 radical (unpaired) electrons. The van der Waals surface area contributed by atoms with Gasteiger partial charge in [0.15, 0.2) is 0 Å². The second-order valence-corrected chi connectivity index (χ2v) is 8.40. The number of rotatable bonds is 5. The second-order valence-electron chi connectivity index (χ2n) is 7.52. The smallest absolute Gasteiger partial charge is 0.319 e. The second kappa shape index (κ2) is 8.79. The summed E-state index contributed by atoms with van der Waals surface area (Å²) in [4.78, 5) is 40.6. The van der Waals surface area contributed by atoms with Gasteiger partial charge in [0.25, 0.3) is 0 Å². The van der Waals surface area contributed by atoms with Crippen molar-refractivity contribution in [3.05, 3.63) is 60.2 Å². The van der Waals surface area contributed by atoms with Gasteiger partial charge in [0, 0.05) is 23.5 Å². The Hall–Kier alpha value is -3.00. The molecule has 2 aliphatic rings. The van der Waals surface area contributed by atoms with E-state index >= 15 is 0 Å². The Balaban J connectivity index is 1.36. The van der Waals surface area contributed by atoms with Gasteiger partial charge in [-0.15, -0.1) is 11.8 Å². The van der Waals surface area contributed by atoms with Crippen LogP contribution in [0.3, 0.4) is 0 Å². The molecule has 3 N–H and O–H groups in total. The quantitative estimate of drug-likeness (QED) is 0.642. The first-order valence-electron chi connectivity index (χ1n) is 9.90. The Morgan fingerprint density at radius 2 is 1.97 bits per heavy atom. The summed E-state index contributed by atoms with van der Waals surface area (Å²) < 4.78 is 0. The number of carbonyl (C=O) groups is 3. The van der Waals surface area contributed by atoms with Crippen molar-refractivity contribution < 1.29 is 14.4 Å². The van der Waals surface area contributed by atoms with E-state index in [0.717, 1.165) is 10.5 Å². The summed E-state index contributed by atoms with van der Waals surface area (Å²) in [6, 6.07) is 15.5. The van der Waals surface area contributed by atoms with E-state index in [-0.39, 0.29) is 23.9 Å². The highest BCUT2D eigenvalue weighted by Crippen LogP contribution is 2.24. The summed E-state index contributed by atoms with van der Waals surface area (Å²) in [5.41, 5.74) is 1.70. The monoisotopic (exact) mass is 424 g/mol. The molecule has 0 aromatic heterocycles. The highest BCUT2D eigenvalue weighted by molar-refractivity contribution is 7.98. The third-order valence-electron chi connectivity index (χ3n) is 5.45. The number of benzene rings is 2. The average molecular weight is 425 g/mol. The van der Waals surface area contributed by atoms with Crippen LogP contribution in [0.5, 0.6) is 0 Å². The number of urea groups is 1. The minimum Gasteiger partial charge on any atom is -0.342 e. The zero-order chi connectivity index (χ0) is 21.1. The van der Waals surface area contributed by atoms with Crippen molar-refractivity contribution in [1.82, 2.24) is 15.5 Å². The van der Waals surface area contributed by atoms with Gasteiger partial charge in [0.2, 0.25) is 11.8 Å². The van der Waals surface area contributed by atoms with E-state index in [1.54, 1.807) is 16.7 Å². The van der Waals surface area contributed by atoms with Gasteiger partial charge in [-0.3, -0.25) is 9.59 Å². The molecule has 30 heavy (non-hydrogen) atoms. The molecule has 7 nitrogen and oxygen atoms in total. The van der Waals surface area contributed by atoms with Gasteiger partial charge in [-0.1, -0.05) is 36.4 Å². The average Bonchev–Trinajstić information content (AvgIpc) is 3.17.